The summed E-state index contributed by atoms with van der Waals surface area (Å²) in [6.45, 7) is 8.91. The van der Waals surface area contributed by atoms with E-state index in [1.807, 2.05) is 19.9 Å². The first-order chi connectivity index (χ1) is 15.4. The van der Waals surface area contributed by atoms with Gasteiger partial charge in [0.05, 0.1) is 38.2 Å². The number of ether oxygens (including phenoxy) is 4. The van der Waals surface area contributed by atoms with E-state index < -0.39 is 0 Å². The Morgan fingerprint density at radius 3 is 2.72 bits per heavy atom. The van der Waals surface area contributed by atoms with Gasteiger partial charge in [-0.15, -0.1) is 0 Å². The van der Waals surface area contributed by atoms with E-state index in [2.05, 4.69) is 4.90 Å². The number of cyclic esters (lactones) is 1. The number of hydrogen-bond donors (Lipinski definition) is 1. The minimum absolute atomic E-state index is 0.187. The zero-order chi connectivity index (χ0) is 23.1. The molecule has 2 heterocycles. The summed E-state index contributed by atoms with van der Waals surface area (Å²) in [4.78, 5) is 26.5. The van der Waals surface area contributed by atoms with Gasteiger partial charge in [0.1, 0.15) is 12.4 Å². The second kappa shape index (κ2) is 11.3. The van der Waals surface area contributed by atoms with Crippen molar-refractivity contribution >= 4 is 17.6 Å². The van der Waals surface area contributed by atoms with Crippen molar-refractivity contribution in [3.63, 3.8) is 0 Å². The first-order valence-corrected chi connectivity index (χ1v) is 11.2. The number of carbonyl (C=O) groups is 2. The summed E-state index contributed by atoms with van der Waals surface area (Å²) in [5.41, 5.74) is 10.7. The van der Waals surface area contributed by atoms with Crippen LogP contribution in [-0.2, 0) is 32.0 Å². The number of esters is 2. The van der Waals surface area contributed by atoms with Crippen LogP contribution in [0.2, 0.25) is 0 Å². The molecule has 2 aliphatic rings. The molecule has 0 aliphatic carbocycles. The molecule has 2 N–H and O–H groups in total. The lowest BCUT2D eigenvalue weighted by atomic mass is 9.94. The molecular weight excluding hydrogens is 412 g/mol. The SMILES string of the molecule is COc1c(C)c2c(c(N)c1CC=C(C)CCC(=O)OCCCN1CCOCC1)C(=O)OC2. The van der Waals surface area contributed by atoms with Gasteiger partial charge in [0.2, 0.25) is 0 Å². The number of allylic oxidation sites excluding steroid dienone is 2. The molecule has 1 fully saturated rings. The van der Waals surface area contributed by atoms with E-state index in [-0.39, 0.29) is 18.5 Å². The average molecular weight is 447 g/mol. The van der Waals surface area contributed by atoms with Crippen LogP contribution < -0.4 is 10.5 Å². The maximum Gasteiger partial charge on any atom is 0.341 e. The van der Waals surface area contributed by atoms with Gasteiger partial charge in [-0.1, -0.05) is 11.6 Å². The van der Waals surface area contributed by atoms with Gasteiger partial charge in [-0.25, -0.2) is 4.79 Å². The van der Waals surface area contributed by atoms with Crippen LogP contribution in [0.25, 0.3) is 0 Å². The highest BCUT2D eigenvalue weighted by molar-refractivity contribution is 6.00. The Balaban J connectivity index is 1.48. The van der Waals surface area contributed by atoms with Crippen LogP contribution in [0.3, 0.4) is 0 Å². The van der Waals surface area contributed by atoms with Crippen molar-refractivity contribution in [1.29, 1.82) is 0 Å². The number of rotatable bonds is 10. The lowest BCUT2D eigenvalue weighted by molar-refractivity contribution is -0.143. The quantitative estimate of drug-likeness (QED) is 0.253. The standard InChI is InChI=1S/C24H34N2O6/c1-16(6-8-20(27)31-12-4-9-26-10-13-30-14-11-26)5-7-18-22(25)21-19(15-32-24(21)28)17(2)23(18)29-3/h5H,4,6-15,25H2,1-3H3. The molecule has 8 heteroatoms. The Kier molecular flexibility index (Phi) is 8.53. The van der Waals surface area contributed by atoms with Crippen molar-refractivity contribution in [3.8, 4) is 5.75 Å². The van der Waals surface area contributed by atoms with Crippen molar-refractivity contribution in [2.24, 2.45) is 0 Å². The number of benzene rings is 1. The fraction of sp³-hybridized carbons (Fsp3) is 0.583. The lowest BCUT2D eigenvalue weighted by Gasteiger charge is -2.26. The Morgan fingerprint density at radius 2 is 2.00 bits per heavy atom. The molecule has 0 saturated carbocycles. The van der Waals surface area contributed by atoms with Crippen LogP contribution in [0.5, 0.6) is 5.75 Å². The third kappa shape index (κ3) is 5.81. The second-order valence-corrected chi connectivity index (χ2v) is 8.26. The summed E-state index contributed by atoms with van der Waals surface area (Å²) in [6, 6.07) is 0. The Hall–Kier alpha value is -2.58. The molecule has 0 unspecified atom stereocenters. The van der Waals surface area contributed by atoms with Crippen molar-refractivity contribution < 1.29 is 28.5 Å². The van der Waals surface area contributed by atoms with Crippen LogP contribution in [0.4, 0.5) is 5.69 Å². The van der Waals surface area contributed by atoms with Gasteiger partial charge in [-0.3, -0.25) is 9.69 Å². The van der Waals surface area contributed by atoms with Gasteiger partial charge in [0, 0.05) is 37.2 Å². The largest absolute Gasteiger partial charge is 0.496 e. The van der Waals surface area contributed by atoms with Crippen LogP contribution in [-0.4, -0.2) is 63.4 Å². The molecule has 1 aromatic carbocycles. The number of hydrogen-bond acceptors (Lipinski definition) is 8. The summed E-state index contributed by atoms with van der Waals surface area (Å²) in [5, 5.41) is 0. The molecule has 0 bridgehead atoms. The molecule has 0 aromatic heterocycles. The number of nitrogen functional groups attached to an aromatic ring is 1. The topological polar surface area (TPSA) is 100 Å². The number of anilines is 1. The van der Waals surface area contributed by atoms with E-state index in [0.717, 1.165) is 61.5 Å². The van der Waals surface area contributed by atoms with Crippen LogP contribution in [0.15, 0.2) is 11.6 Å². The molecule has 0 spiro atoms. The summed E-state index contributed by atoms with van der Waals surface area (Å²) in [7, 11) is 1.60. The van der Waals surface area contributed by atoms with Gasteiger partial charge < -0.3 is 24.7 Å². The Morgan fingerprint density at radius 1 is 1.25 bits per heavy atom. The Labute approximate surface area is 189 Å². The van der Waals surface area contributed by atoms with E-state index in [0.29, 0.717) is 42.9 Å². The highest BCUT2D eigenvalue weighted by atomic mass is 16.5. The van der Waals surface area contributed by atoms with Crippen molar-refractivity contribution in [3.05, 3.63) is 33.9 Å². The van der Waals surface area contributed by atoms with E-state index in [1.54, 1.807) is 7.11 Å². The molecule has 1 saturated heterocycles. The maximum absolute atomic E-state index is 12.1. The average Bonchev–Trinajstić information content (AvgIpc) is 3.19. The van der Waals surface area contributed by atoms with Gasteiger partial charge in [-0.05, 0) is 38.7 Å². The van der Waals surface area contributed by atoms with Crippen LogP contribution in [0, 0.1) is 6.92 Å². The molecule has 1 aromatic rings. The third-order valence-corrected chi connectivity index (χ3v) is 6.08. The zero-order valence-corrected chi connectivity index (χ0v) is 19.3. The van der Waals surface area contributed by atoms with Crippen molar-refractivity contribution in [2.75, 3.05) is 52.3 Å². The van der Waals surface area contributed by atoms with Crippen LogP contribution >= 0.6 is 0 Å². The minimum Gasteiger partial charge on any atom is -0.496 e. The molecule has 32 heavy (non-hydrogen) atoms. The molecular formula is C24H34N2O6. The first-order valence-electron chi connectivity index (χ1n) is 11.2. The highest BCUT2D eigenvalue weighted by Gasteiger charge is 2.30. The lowest BCUT2D eigenvalue weighted by Crippen LogP contribution is -2.37. The summed E-state index contributed by atoms with van der Waals surface area (Å²) < 4.78 is 21.4. The fourth-order valence-electron chi connectivity index (χ4n) is 4.14. The second-order valence-electron chi connectivity index (χ2n) is 8.26. The van der Waals surface area contributed by atoms with Gasteiger partial charge in [0.15, 0.2) is 0 Å². The molecule has 0 amide bonds. The maximum atomic E-state index is 12.1. The molecule has 2 aliphatic heterocycles. The van der Waals surface area contributed by atoms with Crippen molar-refractivity contribution in [2.45, 2.75) is 46.1 Å². The zero-order valence-electron chi connectivity index (χ0n) is 19.3. The first kappa shape index (κ1) is 24.1. The summed E-state index contributed by atoms with van der Waals surface area (Å²) >= 11 is 0. The van der Waals surface area contributed by atoms with Gasteiger partial charge in [0.25, 0.3) is 0 Å². The summed E-state index contributed by atoms with van der Waals surface area (Å²) in [5.74, 6) is 0.109. The normalized spacial score (nSPS) is 16.6. The smallest absolute Gasteiger partial charge is 0.341 e. The number of morpholine rings is 1. The minimum atomic E-state index is -0.387. The fourth-order valence-corrected chi connectivity index (χ4v) is 4.14. The number of nitrogens with zero attached hydrogens (tertiary/aromatic N) is 1. The number of methoxy groups -OCH3 is 1. The molecule has 3 rings (SSSR count). The Bertz CT molecular complexity index is 874. The van der Waals surface area contributed by atoms with Gasteiger partial charge >= 0.3 is 11.9 Å². The molecule has 0 radical (unpaired) electrons. The predicted molar refractivity (Wildman–Crippen MR) is 121 cm³/mol. The number of fused-ring (bicyclic) bond motifs is 1. The number of nitrogens with two attached hydrogens (primary N) is 1. The molecule has 176 valence electrons. The van der Waals surface area contributed by atoms with E-state index in [4.69, 9.17) is 24.7 Å². The number of carbonyl (C=O) groups excluding carboxylic acids is 2. The monoisotopic (exact) mass is 446 g/mol. The molecule has 8 nitrogen and oxygen atoms in total. The summed E-state index contributed by atoms with van der Waals surface area (Å²) in [6.07, 6.45) is 4.31. The van der Waals surface area contributed by atoms with E-state index >= 15 is 0 Å². The van der Waals surface area contributed by atoms with Crippen molar-refractivity contribution in [1.82, 2.24) is 4.90 Å². The molecule has 0 atom stereocenters. The van der Waals surface area contributed by atoms with E-state index in [9.17, 15) is 9.59 Å². The van der Waals surface area contributed by atoms with Gasteiger partial charge in [-0.2, -0.15) is 0 Å². The van der Waals surface area contributed by atoms with E-state index in [1.165, 1.54) is 0 Å². The van der Waals surface area contributed by atoms with Crippen LogP contribution in [0.1, 0.15) is 53.2 Å². The highest BCUT2D eigenvalue weighted by Crippen LogP contribution is 2.39. The third-order valence-electron chi connectivity index (χ3n) is 6.08. The predicted octanol–water partition coefficient (Wildman–Crippen LogP) is 2.79.